The molecule has 1 aromatic rings. The molecule has 1 aromatic carbocycles. The first kappa shape index (κ1) is 15.4. The van der Waals surface area contributed by atoms with Gasteiger partial charge in [0.05, 0.1) is 11.5 Å². The van der Waals surface area contributed by atoms with E-state index in [1.165, 1.54) is 0 Å². The van der Waals surface area contributed by atoms with Crippen molar-refractivity contribution >= 4 is 17.5 Å². The number of carbonyl (C=O) groups excluding carboxylic acids is 2. The van der Waals surface area contributed by atoms with Crippen molar-refractivity contribution in [3.63, 3.8) is 0 Å². The van der Waals surface area contributed by atoms with Crippen molar-refractivity contribution in [3.05, 3.63) is 42.0 Å². The molecule has 1 spiro atoms. The highest BCUT2D eigenvalue weighted by Gasteiger charge is 2.58. The van der Waals surface area contributed by atoms with Crippen LogP contribution >= 0.6 is 0 Å². The van der Waals surface area contributed by atoms with E-state index < -0.39 is 5.41 Å². The minimum absolute atomic E-state index is 0.0285. The Morgan fingerprint density at radius 2 is 2.04 bits per heavy atom. The number of anilines is 1. The standard InChI is InChI=1S/C20H24N2O2/c1-2-7-17-20(15-10-5-6-11-16(15)21-19(20)24)12-13-22(17)18(23)14-8-3-4-9-14/h3-6,10-11,14,17H,2,7-9,12-13H2,1H3,(H,21,24)/t17-,20+/m0/s1. The van der Waals surface area contributed by atoms with Gasteiger partial charge < -0.3 is 10.2 Å². The van der Waals surface area contributed by atoms with Gasteiger partial charge in [0.25, 0.3) is 0 Å². The van der Waals surface area contributed by atoms with Gasteiger partial charge in [-0.15, -0.1) is 0 Å². The van der Waals surface area contributed by atoms with Crippen LogP contribution in [0.5, 0.6) is 0 Å². The minimum Gasteiger partial charge on any atom is -0.338 e. The van der Waals surface area contributed by atoms with E-state index in [9.17, 15) is 9.59 Å². The highest BCUT2D eigenvalue weighted by atomic mass is 16.2. The van der Waals surface area contributed by atoms with Crippen molar-refractivity contribution in [2.45, 2.75) is 50.5 Å². The molecule has 0 saturated carbocycles. The zero-order chi connectivity index (χ0) is 16.7. The van der Waals surface area contributed by atoms with Gasteiger partial charge >= 0.3 is 0 Å². The van der Waals surface area contributed by atoms with E-state index in [1.807, 2.05) is 23.1 Å². The predicted octanol–water partition coefficient (Wildman–Crippen LogP) is 3.24. The van der Waals surface area contributed by atoms with E-state index in [-0.39, 0.29) is 23.8 Å². The average molecular weight is 324 g/mol. The molecule has 0 radical (unpaired) electrons. The summed E-state index contributed by atoms with van der Waals surface area (Å²) in [6, 6.07) is 7.95. The van der Waals surface area contributed by atoms with Crippen LogP contribution in [0.25, 0.3) is 0 Å². The smallest absolute Gasteiger partial charge is 0.237 e. The third-order valence-electron chi connectivity index (χ3n) is 5.96. The second kappa shape index (κ2) is 5.76. The van der Waals surface area contributed by atoms with Crippen LogP contribution in [-0.4, -0.2) is 29.3 Å². The summed E-state index contributed by atoms with van der Waals surface area (Å²) in [7, 11) is 0. The number of benzene rings is 1. The summed E-state index contributed by atoms with van der Waals surface area (Å²) < 4.78 is 0. The first-order valence-corrected chi connectivity index (χ1v) is 9.05. The lowest BCUT2D eigenvalue weighted by atomic mass is 9.73. The van der Waals surface area contributed by atoms with E-state index in [0.29, 0.717) is 6.54 Å². The molecule has 2 heterocycles. The molecule has 1 N–H and O–H groups in total. The topological polar surface area (TPSA) is 49.4 Å². The molecule has 1 aliphatic carbocycles. The predicted molar refractivity (Wildman–Crippen MR) is 93.6 cm³/mol. The van der Waals surface area contributed by atoms with E-state index in [1.54, 1.807) is 0 Å². The Morgan fingerprint density at radius 3 is 2.79 bits per heavy atom. The maximum atomic E-state index is 13.0. The van der Waals surface area contributed by atoms with Gasteiger partial charge in [-0.25, -0.2) is 0 Å². The van der Waals surface area contributed by atoms with Gasteiger partial charge in [-0.2, -0.15) is 0 Å². The van der Waals surface area contributed by atoms with Crippen molar-refractivity contribution in [2.75, 3.05) is 11.9 Å². The summed E-state index contributed by atoms with van der Waals surface area (Å²) in [5, 5.41) is 3.06. The lowest BCUT2D eigenvalue weighted by Crippen LogP contribution is -2.49. The lowest BCUT2D eigenvalue weighted by Gasteiger charge is -2.35. The van der Waals surface area contributed by atoms with Gasteiger partial charge in [0.2, 0.25) is 11.8 Å². The monoisotopic (exact) mass is 324 g/mol. The van der Waals surface area contributed by atoms with Gasteiger partial charge in [-0.05, 0) is 37.3 Å². The van der Waals surface area contributed by atoms with Crippen molar-refractivity contribution in [1.82, 2.24) is 4.90 Å². The van der Waals surface area contributed by atoms with Crippen LogP contribution in [0, 0.1) is 5.92 Å². The first-order valence-electron chi connectivity index (χ1n) is 9.05. The molecule has 4 nitrogen and oxygen atoms in total. The number of fused-ring (bicyclic) bond motifs is 2. The molecular weight excluding hydrogens is 300 g/mol. The molecule has 2 amide bonds. The molecule has 0 bridgehead atoms. The largest absolute Gasteiger partial charge is 0.338 e. The second-order valence-electron chi connectivity index (χ2n) is 7.20. The zero-order valence-corrected chi connectivity index (χ0v) is 14.1. The number of carbonyl (C=O) groups is 2. The van der Waals surface area contributed by atoms with E-state index >= 15 is 0 Å². The van der Waals surface area contributed by atoms with Gasteiger partial charge in [0.15, 0.2) is 0 Å². The molecule has 2 aliphatic heterocycles. The second-order valence-corrected chi connectivity index (χ2v) is 7.20. The van der Waals surface area contributed by atoms with Crippen LogP contribution in [0.4, 0.5) is 5.69 Å². The summed E-state index contributed by atoms with van der Waals surface area (Å²) in [6.45, 7) is 2.81. The Hall–Kier alpha value is -2.10. The summed E-state index contributed by atoms with van der Waals surface area (Å²) in [4.78, 5) is 28.0. The van der Waals surface area contributed by atoms with Crippen LogP contribution in [-0.2, 0) is 15.0 Å². The molecular formula is C20H24N2O2. The van der Waals surface area contributed by atoms with E-state index in [2.05, 4.69) is 30.5 Å². The summed E-state index contributed by atoms with van der Waals surface area (Å²) in [5.74, 6) is 0.369. The molecule has 126 valence electrons. The fourth-order valence-electron chi connectivity index (χ4n) is 4.79. The number of rotatable bonds is 3. The van der Waals surface area contributed by atoms with E-state index in [4.69, 9.17) is 0 Å². The van der Waals surface area contributed by atoms with Crippen LogP contribution < -0.4 is 5.32 Å². The SMILES string of the molecule is CCC[C@@H]1N(C(=O)C2CC=CC2)CC[C@]12C(=O)Nc1ccccc12. The number of nitrogens with one attached hydrogen (secondary N) is 1. The number of hydrogen-bond acceptors (Lipinski definition) is 2. The third kappa shape index (κ3) is 2.05. The maximum Gasteiger partial charge on any atom is 0.237 e. The summed E-state index contributed by atoms with van der Waals surface area (Å²) in [5.41, 5.74) is 1.43. The minimum atomic E-state index is -0.561. The normalized spacial score (nSPS) is 28.6. The Morgan fingerprint density at radius 1 is 1.29 bits per heavy atom. The maximum absolute atomic E-state index is 13.0. The Labute approximate surface area is 142 Å². The van der Waals surface area contributed by atoms with Gasteiger partial charge in [0.1, 0.15) is 0 Å². The number of para-hydroxylation sites is 1. The number of allylic oxidation sites excluding steroid dienone is 2. The van der Waals surface area contributed by atoms with Crippen LogP contribution in [0.3, 0.4) is 0 Å². The Balaban J connectivity index is 1.72. The fraction of sp³-hybridized carbons (Fsp3) is 0.500. The van der Waals surface area contributed by atoms with Crippen LogP contribution in [0.2, 0.25) is 0 Å². The summed E-state index contributed by atoms with van der Waals surface area (Å²) >= 11 is 0. The first-order chi connectivity index (χ1) is 11.7. The number of hydrogen-bond donors (Lipinski definition) is 1. The molecule has 0 unspecified atom stereocenters. The number of nitrogens with zero attached hydrogens (tertiary/aromatic N) is 1. The third-order valence-corrected chi connectivity index (χ3v) is 5.96. The van der Waals surface area contributed by atoms with Crippen molar-refractivity contribution in [2.24, 2.45) is 5.92 Å². The quantitative estimate of drug-likeness (QED) is 0.868. The van der Waals surface area contributed by atoms with Crippen LogP contribution in [0.1, 0.15) is 44.6 Å². The Bertz CT molecular complexity index is 703. The van der Waals surface area contributed by atoms with Crippen molar-refractivity contribution in [1.29, 1.82) is 0 Å². The van der Waals surface area contributed by atoms with E-state index in [0.717, 1.165) is 43.4 Å². The highest BCUT2D eigenvalue weighted by Crippen LogP contribution is 2.49. The van der Waals surface area contributed by atoms with Gasteiger partial charge in [-0.1, -0.05) is 43.7 Å². The highest BCUT2D eigenvalue weighted by molar-refractivity contribution is 6.07. The zero-order valence-electron chi connectivity index (χ0n) is 14.1. The fourth-order valence-corrected chi connectivity index (χ4v) is 4.79. The summed E-state index contributed by atoms with van der Waals surface area (Å²) in [6.07, 6.45) is 8.43. The number of amides is 2. The molecule has 2 atom stereocenters. The molecule has 1 saturated heterocycles. The van der Waals surface area contributed by atoms with Gasteiger partial charge in [-0.3, -0.25) is 9.59 Å². The molecule has 0 aromatic heterocycles. The van der Waals surface area contributed by atoms with Gasteiger partial charge in [0, 0.05) is 18.2 Å². The molecule has 4 rings (SSSR count). The van der Waals surface area contributed by atoms with Crippen LogP contribution in [0.15, 0.2) is 36.4 Å². The molecule has 1 fully saturated rings. The number of likely N-dealkylation sites (tertiary alicyclic amines) is 1. The lowest BCUT2D eigenvalue weighted by molar-refractivity contribution is -0.137. The molecule has 4 heteroatoms. The molecule has 3 aliphatic rings. The van der Waals surface area contributed by atoms with Crippen molar-refractivity contribution < 1.29 is 9.59 Å². The Kier molecular flexibility index (Phi) is 3.70. The molecule has 24 heavy (non-hydrogen) atoms. The van der Waals surface area contributed by atoms with Crippen molar-refractivity contribution in [3.8, 4) is 0 Å². The average Bonchev–Trinajstić information content (AvgIpc) is 3.29.